The number of anilines is 1. The molecule has 0 unspecified atom stereocenters. The SMILES string of the molecule is CCN1CCN(c2cc(CNC(=NC)NCCc3ccccc3F)ccn2)CC1. The summed E-state index contributed by atoms with van der Waals surface area (Å²) in [6.45, 7) is 8.77. The van der Waals surface area contributed by atoms with Gasteiger partial charge >= 0.3 is 0 Å². The van der Waals surface area contributed by atoms with E-state index < -0.39 is 0 Å². The number of guanidine groups is 1. The lowest BCUT2D eigenvalue weighted by Gasteiger charge is -2.34. The van der Waals surface area contributed by atoms with Crippen molar-refractivity contribution in [3.05, 3.63) is 59.5 Å². The molecule has 0 bridgehead atoms. The number of pyridine rings is 1. The summed E-state index contributed by atoms with van der Waals surface area (Å²) in [5.41, 5.74) is 1.86. The van der Waals surface area contributed by atoms with Crippen molar-refractivity contribution in [1.82, 2.24) is 20.5 Å². The van der Waals surface area contributed by atoms with Gasteiger partial charge in [-0.15, -0.1) is 0 Å². The third-order valence-corrected chi connectivity index (χ3v) is 5.28. The van der Waals surface area contributed by atoms with E-state index in [1.165, 1.54) is 6.07 Å². The molecule has 7 heteroatoms. The molecule has 0 amide bonds. The van der Waals surface area contributed by atoms with Gasteiger partial charge < -0.3 is 20.4 Å². The monoisotopic (exact) mass is 398 g/mol. The van der Waals surface area contributed by atoms with E-state index in [1.807, 2.05) is 24.4 Å². The Kier molecular flexibility index (Phi) is 7.81. The maximum atomic E-state index is 13.7. The lowest BCUT2D eigenvalue weighted by Crippen LogP contribution is -2.46. The number of hydrogen-bond acceptors (Lipinski definition) is 4. The molecule has 0 radical (unpaired) electrons. The van der Waals surface area contributed by atoms with Crippen LogP contribution in [0.4, 0.5) is 10.2 Å². The third-order valence-electron chi connectivity index (χ3n) is 5.28. The Balaban J connectivity index is 1.47. The number of piperazine rings is 1. The van der Waals surface area contributed by atoms with Crippen LogP contribution in [0.15, 0.2) is 47.6 Å². The number of nitrogens with one attached hydrogen (secondary N) is 2. The Morgan fingerprint density at radius 1 is 1.14 bits per heavy atom. The van der Waals surface area contributed by atoms with E-state index >= 15 is 0 Å². The zero-order chi connectivity index (χ0) is 20.5. The molecule has 3 rings (SSSR count). The van der Waals surface area contributed by atoms with E-state index in [4.69, 9.17) is 0 Å². The van der Waals surface area contributed by atoms with Crippen molar-refractivity contribution >= 4 is 11.8 Å². The molecule has 156 valence electrons. The molecule has 1 aliphatic heterocycles. The van der Waals surface area contributed by atoms with Gasteiger partial charge in [0.05, 0.1) is 0 Å². The highest BCUT2D eigenvalue weighted by atomic mass is 19.1. The molecule has 1 saturated heterocycles. The van der Waals surface area contributed by atoms with E-state index in [-0.39, 0.29) is 5.82 Å². The van der Waals surface area contributed by atoms with Gasteiger partial charge in [0.15, 0.2) is 5.96 Å². The van der Waals surface area contributed by atoms with Gasteiger partial charge in [0, 0.05) is 52.5 Å². The average molecular weight is 399 g/mol. The zero-order valence-corrected chi connectivity index (χ0v) is 17.4. The van der Waals surface area contributed by atoms with Crippen LogP contribution in [0.2, 0.25) is 0 Å². The normalized spacial score (nSPS) is 15.4. The fourth-order valence-corrected chi connectivity index (χ4v) is 3.46. The van der Waals surface area contributed by atoms with E-state index in [0.29, 0.717) is 31.0 Å². The van der Waals surface area contributed by atoms with Crippen LogP contribution in [0.3, 0.4) is 0 Å². The number of halogens is 1. The van der Waals surface area contributed by atoms with E-state index in [2.05, 4.69) is 43.4 Å². The summed E-state index contributed by atoms with van der Waals surface area (Å²) in [6.07, 6.45) is 2.48. The zero-order valence-electron chi connectivity index (χ0n) is 17.4. The van der Waals surface area contributed by atoms with Crippen LogP contribution >= 0.6 is 0 Å². The molecule has 1 fully saturated rings. The summed E-state index contributed by atoms with van der Waals surface area (Å²) in [6, 6.07) is 11.0. The Bertz CT molecular complexity index is 801. The maximum Gasteiger partial charge on any atom is 0.191 e. The van der Waals surface area contributed by atoms with Crippen LogP contribution < -0.4 is 15.5 Å². The molecule has 2 aromatic rings. The molecular formula is C22H31FN6. The maximum absolute atomic E-state index is 13.7. The minimum atomic E-state index is -0.165. The number of aromatic nitrogens is 1. The highest BCUT2D eigenvalue weighted by Gasteiger charge is 2.16. The van der Waals surface area contributed by atoms with Gasteiger partial charge in [-0.1, -0.05) is 25.1 Å². The van der Waals surface area contributed by atoms with Crippen molar-refractivity contribution in [3.63, 3.8) is 0 Å². The summed E-state index contributed by atoms with van der Waals surface area (Å²) in [4.78, 5) is 13.6. The predicted molar refractivity (Wildman–Crippen MR) is 117 cm³/mol. The highest BCUT2D eigenvalue weighted by Crippen LogP contribution is 2.15. The smallest absolute Gasteiger partial charge is 0.191 e. The van der Waals surface area contributed by atoms with Gasteiger partial charge in [0.2, 0.25) is 0 Å². The van der Waals surface area contributed by atoms with Gasteiger partial charge in [-0.3, -0.25) is 4.99 Å². The summed E-state index contributed by atoms with van der Waals surface area (Å²) in [5.74, 6) is 1.57. The Hall–Kier alpha value is -2.67. The number of rotatable bonds is 7. The van der Waals surface area contributed by atoms with Crippen molar-refractivity contribution in [3.8, 4) is 0 Å². The Labute approximate surface area is 172 Å². The van der Waals surface area contributed by atoms with Crippen LogP contribution in [0, 0.1) is 5.82 Å². The average Bonchev–Trinajstić information content (AvgIpc) is 2.77. The second kappa shape index (κ2) is 10.8. The molecule has 6 nitrogen and oxygen atoms in total. The highest BCUT2D eigenvalue weighted by molar-refractivity contribution is 5.79. The first kappa shape index (κ1) is 21.0. The van der Waals surface area contributed by atoms with Crippen LogP contribution in [0.1, 0.15) is 18.1 Å². The van der Waals surface area contributed by atoms with Crippen LogP contribution in [-0.4, -0.2) is 62.2 Å². The second-order valence-corrected chi connectivity index (χ2v) is 7.14. The topological polar surface area (TPSA) is 55.8 Å². The first-order valence-electron chi connectivity index (χ1n) is 10.3. The van der Waals surface area contributed by atoms with Crippen molar-refractivity contribution in [2.75, 3.05) is 51.2 Å². The standard InChI is InChI=1S/C22H31FN6/c1-3-28-12-14-29(15-13-28)21-16-18(8-10-25-21)17-27-22(24-2)26-11-9-19-6-4-5-7-20(19)23/h4-8,10,16H,3,9,11-15,17H2,1-2H3,(H2,24,26,27). The molecule has 2 N–H and O–H groups in total. The first-order valence-corrected chi connectivity index (χ1v) is 10.3. The van der Waals surface area contributed by atoms with Crippen molar-refractivity contribution < 1.29 is 4.39 Å². The Morgan fingerprint density at radius 2 is 1.93 bits per heavy atom. The molecule has 2 heterocycles. The fraction of sp³-hybridized carbons (Fsp3) is 0.455. The second-order valence-electron chi connectivity index (χ2n) is 7.14. The third kappa shape index (κ3) is 6.15. The summed E-state index contributed by atoms with van der Waals surface area (Å²) in [7, 11) is 1.74. The number of benzene rings is 1. The lowest BCUT2D eigenvalue weighted by atomic mass is 10.1. The van der Waals surface area contributed by atoms with E-state index in [0.717, 1.165) is 44.1 Å². The number of hydrogen-bond donors (Lipinski definition) is 2. The van der Waals surface area contributed by atoms with Gasteiger partial charge in [-0.25, -0.2) is 9.37 Å². The first-order chi connectivity index (χ1) is 14.2. The minimum absolute atomic E-state index is 0.165. The molecule has 1 aromatic heterocycles. The summed E-state index contributed by atoms with van der Waals surface area (Å²) in [5, 5.41) is 6.57. The largest absolute Gasteiger partial charge is 0.356 e. The summed E-state index contributed by atoms with van der Waals surface area (Å²) < 4.78 is 13.7. The molecule has 1 aliphatic rings. The van der Waals surface area contributed by atoms with Gasteiger partial charge in [0.25, 0.3) is 0 Å². The Morgan fingerprint density at radius 3 is 2.66 bits per heavy atom. The van der Waals surface area contributed by atoms with Crippen molar-refractivity contribution in [2.45, 2.75) is 19.9 Å². The van der Waals surface area contributed by atoms with Gasteiger partial charge in [-0.2, -0.15) is 0 Å². The van der Waals surface area contributed by atoms with Gasteiger partial charge in [-0.05, 0) is 42.3 Å². The molecule has 0 saturated carbocycles. The summed E-state index contributed by atoms with van der Waals surface area (Å²) >= 11 is 0. The van der Waals surface area contributed by atoms with Gasteiger partial charge in [0.1, 0.15) is 11.6 Å². The molecule has 1 aromatic carbocycles. The van der Waals surface area contributed by atoms with Crippen molar-refractivity contribution in [1.29, 1.82) is 0 Å². The van der Waals surface area contributed by atoms with E-state index in [1.54, 1.807) is 13.1 Å². The van der Waals surface area contributed by atoms with Crippen LogP contribution in [0.25, 0.3) is 0 Å². The molecular weight excluding hydrogens is 367 g/mol. The predicted octanol–water partition coefficient (Wildman–Crippen LogP) is 2.27. The molecule has 0 atom stereocenters. The quantitative estimate of drug-likeness (QED) is 0.554. The molecule has 0 aliphatic carbocycles. The number of nitrogens with zero attached hydrogens (tertiary/aromatic N) is 4. The number of likely N-dealkylation sites (N-methyl/N-ethyl adjacent to an activating group) is 1. The van der Waals surface area contributed by atoms with E-state index in [9.17, 15) is 4.39 Å². The number of aliphatic imine (C=N–C) groups is 1. The van der Waals surface area contributed by atoms with Crippen LogP contribution in [-0.2, 0) is 13.0 Å². The van der Waals surface area contributed by atoms with Crippen LogP contribution in [0.5, 0.6) is 0 Å². The molecule has 29 heavy (non-hydrogen) atoms. The molecule has 0 spiro atoms. The van der Waals surface area contributed by atoms with Crippen molar-refractivity contribution in [2.24, 2.45) is 4.99 Å². The lowest BCUT2D eigenvalue weighted by molar-refractivity contribution is 0.270. The minimum Gasteiger partial charge on any atom is -0.356 e. The fourth-order valence-electron chi connectivity index (χ4n) is 3.46.